The van der Waals surface area contributed by atoms with Crippen LogP contribution in [0.15, 0.2) is 24.3 Å². The van der Waals surface area contributed by atoms with Gasteiger partial charge in [0, 0.05) is 17.3 Å². The Morgan fingerprint density at radius 2 is 2.13 bits per heavy atom. The third-order valence-electron chi connectivity index (χ3n) is 2.54. The Morgan fingerprint density at radius 3 is 2.73 bits per heavy atom. The minimum Gasteiger partial charge on any atom is -0.326 e. The lowest BCUT2D eigenvalue weighted by atomic mass is 10.1. The lowest BCUT2D eigenvalue weighted by Gasteiger charge is -2.09. The van der Waals surface area contributed by atoms with Crippen molar-refractivity contribution in [3.63, 3.8) is 0 Å². The van der Waals surface area contributed by atoms with E-state index in [1.165, 1.54) is 0 Å². The van der Waals surface area contributed by atoms with Crippen molar-refractivity contribution in [2.45, 2.75) is 6.42 Å². The maximum Gasteiger partial charge on any atom is 0.228 e. The van der Waals surface area contributed by atoms with Crippen LogP contribution < -0.4 is 10.6 Å². The van der Waals surface area contributed by atoms with Gasteiger partial charge in [0.05, 0.1) is 5.92 Å². The van der Waals surface area contributed by atoms with Crippen molar-refractivity contribution in [3.05, 3.63) is 29.3 Å². The van der Waals surface area contributed by atoms with Crippen molar-refractivity contribution in [2.75, 3.05) is 18.4 Å². The van der Waals surface area contributed by atoms with Gasteiger partial charge < -0.3 is 10.6 Å². The van der Waals surface area contributed by atoms with Gasteiger partial charge in [0.25, 0.3) is 0 Å². The minimum absolute atomic E-state index is 0.0855. The monoisotopic (exact) mass is 224 g/mol. The van der Waals surface area contributed by atoms with Crippen LogP contribution in [0.4, 0.5) is 5.69 Å². The summed E-state index contributed by atoms with van der Waals surface area (Å²) in [6.45, 7) is 1.71. The van der Waals surface area contributed by atoms with Crippen LogP contribution in [0.2, 0.25) is 5.02 Å². The van der Waals surface area contributed by atoms with E-state index in [0.29, 0.717) is 5.02 Å². The summed E-state index contributed by atoms with van der Waals surface area (Å²) in [6.07, 6.45) is 0.916. The van der Waals surface area contributed by atoms with Gasteiger partial charge in [-0.05, 0) is 37.2 Å². The molecule has 1 atom stereocenters. The average Bonchev–Trinajstić information content (AvgIpc) is 2.74. The number of halogens is 1. The topological polar surface area (TPSA) is 41.1 Å². The normalized spacial score (nSPS) is 20.2. The Morgan fingerprint density at radius 1 is 1.40 bits per heavy atom. The van der Waals surface area contributed by atoms with Crippen LogP contribution in [0.5, 0.6) is 0 Å². The summed E-state index contributed by atoms with van der Waals surface area (Å²) in [5, 5.41) is 6.72. The Balaban J connectivity index is 1.96. The molecule has 3 nitrogen and oxygen atoms in total. The molecule has 0 spiro atoms. The van der Waals surface area contributed by atoms with Gasteiger partial charge in [0.15, 0.2) is 0 Å². The largest absolute Gasteiger partial charge is 0.326 e. The van der Waals surface area contributed by atoms with Gasteiger partial charge in [-0.25, -0.2) is 0 Å². The maximum absolute atomic E-state index is 11.7. The number of carbonyl (C=O) groups is 1. The van der Waals surface area contributed by atoms with Gasteiger partial charge in [0.2, 0.25) is 5.91 Å². The molecule has 1 amide bonds. The first kappa shape index (κ1) is 10.5. The number of nitrogens with one attached hydrogen (secondary N) is 2. The number of benzene rings is 1. The number of hydrogen-bond donors (Lipinski definition) is 2. The molecule has 1 aromatic rings. The zero-order valence-electron chi connectivity index (χ0n) is 8.29. The first-order valence-corrected chi connectivity index (χ1v) is 5.40. The summed E-state index contributed by atoms with van der Waals surface area (Å²) in [4.78, 5) is 11.7. The number of amides is 1. The van der Waals surface area contributed by atoms with Crippen molar-refractivity contribution in [1.82, 2.24) is 5.32 Å². The zero-order chi connectivity index (χ0) is 10.7. The Kier molecular flexibility index (Phi) is 3.23. The second-order valence-electron chi connectivity index (χ2n) is 3.69. The lowest BCUT2D eigenvalue weighted by Crippen LogP contribution is -2.24. The van der Waals surface area contributed by atoms with Crippen LogP contribution in [-0.2, 0) is 4.79 Å². The quantitative estimate of drug-likeness (QED) is 0.806. The van der Waals surface area contributed by atoms with Crippen molar-refractivity contribution in [2.24, 2.45) is 5.92 Å². The number of rotatable bonds is 2. The van der Waals surface area contributed by atoms with E-state index in [1.807, 2.05) is 12.1 Å². The second kappa shape index (κ2) is 4.64. The van der Waals surface area contributed by atoms with E-state index in [9.17, 15) is 4.79 Å². The van der Waals surface area contributed by atoms with Crippen LogP contribution in [0, 0.1) is 5.92 Å². The molecule has 0 radical (unpaired) electrons. The molecule has 1 fully saturated rings. The third kappa shape index (κ3) is 2.70. The predicted octanol–water partition coefficient (Wildman–Crippen LogP) is 1.89. The average molecular weight is 225 g/mol. The number of hydrogen-bond acceptors (Lipinski definition) is 2. The summed E-state index contributed by atoms with van der Waals surface area (Å²) in [5.74, 6) is 0.183. The van der Waals surface area contributed by atoms with Gasteiger partial charge in [-0.3, -0.25) is 4.79 Å². The highest BCUT2D eigenvalue weighted by atomic mass is 35.5. The fourth-order valence-corrected chi connectivity index (χ4v) is 1.78. The summed E-state index contributed by atoms with van der Waals surface area (Å²) >= 11 is 5.75. The van der Waals surface area contributed by atoms with Gasteiger partial charge in [-0.2, -0.15) is 0 Å². The standard InChI is InChI=1S/C11H13ClN2O/c12-9-1-3-10(4-2-9)14-11(15)8-5-6-13-7-8/h1-4,8,13H,5-7H2,(H,14,15)/t8-/m1/s1. The number of anilines is 1. The van der Waals surface area contributed by atoms with Crippen LogP contribution in [0.3, 0.4) is 0 Å². The van der Waals surface area contributed by atoms with Crippen molar-refractivity contribution in [1.29, 1.82) is 0 Å². The van der Waals surface area contributed by atoms with Crippen LogP contribution in [0.1, 0.15) is 6.42 Å². The third-order valence-corrected chi connectivity index (χ3v) is 2.79. The fraction of sp³-hybridized carbons (Fsp3) is 0.364. The van der Waals surface area contributed by atoms with E-state index in [4.69, 9.17) is 11.6 Å². The van der Waals surface area contributed by atoms with E-state index in [0.717, 1.165) is 25.2 Å². The smallest absolute Gasteiger partial charge is 0.228 e. The predicted molar refractivity (Wildman–Crippen MR) is 61.1 cm³/mol. The van der Waals surface area contributed by atoms with Crippen LogP contribution in [-0.4, -0.2) is 19.0 Å². The zero-order valence-corrected chi connectivity index (χ0v) is 9.05. The molecule has 0 aliphatic carbocycles. The number of carbonyl (C=O) groups excluding carboxylic acids is 1. The van der Waals surface area contributed by atoms with E-state index < -0.39 is 0 Å². The Hall–Kier alpha value is -1.06. The molecule has 1 aliphatic heterocycles. The molecule has 80 valence electrons. The molecule has 1 heterocycles. The van der Waals surface area contributed by atoms with Crippen LogP contribution in [0.25, 0.3) is 0 Å². The molecule has 1 aliphatic rings. The highest BCUT2D eigenvalue weighted by molar-refractivity contribution is 6.30. The molecular weight excluding hydrogens is 212 g/mol. The lowest BCUT2D eigenvalue weighted by molar-refractivity contribution is -0.119. The highest BCUT2D eigenvalue weighted by Crippen LogP contribution is 2.15. The minimum atomic E-state index is 0.0855. The SMILES string of the molecule is O=C(Nc1ccc(Cl)cc1)[C@@H]1CCNC1. The molecule has 0 aromatic heterocycles. The van der Waals surface area contributed by atoms with Gasteiger partial charge in [-0.15, -0.1) is 0 Å². The first-order chi connectivity index (χ1) is 7.25. The molecule has 2 rings (SSSR count). The molecule has 1 saturated heterocycles. The highest BCUT2D eigenvalue weighted by Gasteiger charge is 2.22. The molecule has 2 N–H and O–H groups in total. The van der Waals surface area contributed by atoms with Gasteiger partial charge >= 0.3 is 0 Å². The fourth-order valence-electron chi connectivity index (χ4n) is 1.66. The molecule has 0 saturated carbocycles. The van der Waals surface area contributed by atoms with E-state index in [1.54, 1.807) is 12.1 Å². The Labute approximate surface area is 93.8 Å². The van der Waals surface area contributed by atoms with Gasteiger partial charge in [-0.1, -0.05) is 11.6 Å². The van der Waals surface area contributed by atoms with E-state index >= 15 is 0 Å². The Bertz CT molecular complexity index is 344. The van der Waals surface area contributed by atoms with Gasteiger partial charge in [0.1, 0.15) is 0 Å². The first-order valence-electron chi connectivity index (χ1n) is 5.03. The van der Waals surface area contributed by atoms with Crippen molar-refractivity contribution >= 4 is 23.2 Å². The van der Waals surface area contributed by atoms with E-state index in [2.05, 4.69) is 10.6 Å². The van der Waals surface area contributed by atoms with Crippen molar-refractivity contribution in [3.8, 4) is 0 Å². The molecule has 0 bridgehead atoms. The summed E-state index contributed by atoms with van der Waals surface area (Å²) < 4.78 is 0. The second-order valence-corrected chi connectivity index (χ2v) is 4.12. The molecule has 0 unspecified atom stereocenters. The van der Waals surface area contributed by atoms with Crippen LogP contribution >= 0.6 is 11.6 Å². The molecule has 15 heavy (non-hydrogen) atoms. The molecule has 1 aromatic carbocycles. The summed E-state index contributed by atoms with van der Waals surface area (Å²) in [6, 6.07) is 7.15. The van der Waals surface area contributed by atoms with Crippen molar-refractivity contribution < 1.29 is 4.79 Å². The summed E-state index contributed by atoms with van der Waals surface area (Å²) in [7, 11) is 0. The summed E-state index contributed by atoms with van der Waals surface area (Å²) in [5.41, 5.74) is 0.802. The molecule has 4 heteroatoms. The van der Waals surface area contributed by atoms with E-state index in [-0.39, 0.29) is 11.8 Å². The maximum atomic E-state index is 11.7. The molecular formula is C11H13ClN2O.